The average molecular weight is 354 g/mol. The topological polar surface area (TPSA) is 38.1 Å². The Morgan fingerprint density at radius 3 is 2.60 bits per heavy atom. The summed E-state index contributed by atoms with van der Waals surface area (Å²) in [6.07, 6.45) is 4.83. The van der Waals surface area contributed by atoms with Gasteiger partial charge in [0, 0.05) is 36.8 Å². The molecule has 0 unspecified atom stereocenters. The second kappa shape index (κ2) is 7.99. The molecule has 0 atom stereocenters. The number of aromatic nitrogens is 2. The van der Waals surface area contributed by atoms with E-state index in [4.69, 9.17) is 11.6 Å². The van der Waals surface area contributed by atoms with Crippen LogP contribution in [0.15, 0.2) is 67.0 Å². The van der Waals surface area contributed by atoms with Gasteiger partial charge in [0.05, 0.1) is 11.9 Å². The zero-order chi connectivity index (χ0) is 17.6. The molecule has 1 amide bonds. The van der Waals surface area contributed by atoms with Gasteiger partial charge in [-0.15, -0.1) is 0 Å². The molecule has 0 fully saturated rings. The Morgan fingerprint density at radius 2 is 1.84 bits per heavy atom. The van der Waals surface area contributed by atoms with Gasteiger partial charge >= 0.3 is 0 Å². The van der Waals surface area contributed by atoms with Crippen molar-refractivity contribution in [3.8, 4) is 5.69 Å². The van der Waals surface area contributed by atoms with Crippen LogP contribution in [0.4, 0.5) is 0 Å². The summed E-state index contributed by atoms with van der Waals surface area (Å²) < 4.78 is 1.82. The summed E-state index contributed by atoms with van der Waals surface area (Å²) in [6, 6.07) is 17.5. The number of benzene rings is 2. The smallest absolute Gasteiger partial charge is 0.222 e. The molecule has 0 saturated carbocycles. The maximum Gasteiger partial charge on any atom is 0.222 e. The van der Waals surface area contributed by atoms with E-state index in [1.807, 2.05) is 72.5 Å². The minimum atomic E-state index is 0.0902. The molecule has 0 spiro atoms. The third-order valence-electron chi connectivity index (χ3n) is 4.07. The van der Waals surface area contributed by atoms with Crippen molar-refractivity contribution in [3.05, 3.63) is 83.1 Å². The van der Waals surface area contributed by atoms with Crippen LogP contribution >= 0.6 is 11.6 Å². The molecule has 128 valence electrons. The van der Waals surface area contributed by atoms with Crippen LogP contribution in [0.5, 0.6) is 0 Å². The Balaban J connectivity index is 1.57. The number of aryl methyl sites for hydroxylation is 1. The lowest BCUT2D eigenvalue weighted by Gasteiger charge is -2.16. The number of hydrogen-bond donors (Lipinski definition) is 0. The van der Waals surface area contributed by atoms with Crippen LogP contribution in [0, 0.1) is 0 Å². The first kappa shape index (κ1) is 17.2. The van der Waals surface area contributed by atoms with Gasteiger partial charge in [0.2, 0.25) is 5.91 Å². The molecule has 0 aliphatic rings. The quantitative estimate of drug-likeness (QED) is 0.668. The number of amides is 1. The summed E-state index contributed by atoms with van der Waals surface area (Å²) in [4.78, 5) is 14.1. The van der Waals surface area contributed by atoms with Gasteiger partial charge in [-0.2, -0.15) is 5.10 Å². The van der Waals surface area contributed by atoms with Crippen molar-refractivity contribution in [1.29, 1.82) is 0 Å². The van der Waals surface area contributed by atoms with E-state index in [9.17, 15) is 4.79 Å². The van der Waals surface area contributed by atoms with Gasteiger partial charge in [0.25, 0.3) is 0 Å². The van der Waals surface area contributed by atoms with Gasteiger partial charge in [-0.25, -0.2) is 4.68 Å². The van der Waals surface area contributed by atoms with E-state index in [2.05, 4.69) is 5.10 Å². The predicted molar refractivity (Wildman–Crippen MR) is 99.8 cm³/mol. The minimum Gasteiger partial charge on any atom is -0.341 e. The van der Waals surface area contributed by atoms with Crippen molar-refractivity contribution in [2.24, 2.45) is 0 Å². The third kappa shape index (κ3) is 4.48. The summed E-state index contributed by atoms with van der Waals surface area (Å²) in [5, 5.41) is 5.08. The molecule has 5 heteroatoms. The van der Waals surface area contributed by atoms with E-state index in [1.165, 1.54) is 0 Å². The molecule has 0 aliphatic carbocycles. The van der Waals surface area contributed by atoms with E-state index in [0.29, 0.717) is 24.4 Å². The van der Waals surface area contributed by atoms with Crippen molar-refractivity contribution in [1.82, 2.24) is 14.7 Å². The molecule has 2 aromatic carbocycles. The monoisotopic (exact) mass is 353 g/mol. The Bertz CT molecular complexity index is 845. The molecule has 1 heterocycles. The molecule has 4 nitrogen and oxygen atoms in total. The zero-order valence-corrected chi connectivity index (χ0v) is 14.9. The van der Waals surface area contributed by atoms with Crippen LogP contribution in [0.1, 0.15) is 17.5 Å². The van der Waals surface area contributed by atoms with E-state index in [0.717, 1.165) is 16.8 Å². The Labute approximate surface area is 152 Å². The number of halogens is 1. The van der Waals surface area contributed by atoms with Crippen LogP contribution < -0.4 is 0 Å². The number of nitrogens with zero attached hydrogens (tertiary/aromatic N) is 3. The van der Waals surface area contributed by atoms with Crippen molar-refractivity contribution in [3.63, 3.8) is 0 Å². The summed E-state index contributed by atoms with van der Waals surface area (Å²) in [7, 11) is 1.81. The summed E-state index contributed by atoms with van der Waals surface area (Å²) in [6.45, 7) is 0.536. The maximum atomic E-state index is 12.4. The van der Waals surface area contributed by atoms with Gasteiger partial charge in [0.1, 0.15) is 0 Å². The Hall–Kier alpha value is -2.59. The first-order valence-corrected chi connectivity index (χ1v) is 8.57. The molecular weight excluding hydrogens is 334 g/mol. The second-order valence-electron chi connectivity index (χ2n) is 5.97. The van der Waals surface area contributed by atoms with Crippen molar-refractivity contribution in [2.45, 2.75) is 19.4 Å². The third-order valence-corrected chi connectivity index (χ3v) is 4.44. The first-order chi connectivity index (χ1) is 12.1. The fourth-order valence-electron chi connectivity index (χ4n) is 2.66. The summed E-state index contributed by atoms with van der Waals surface area (Å²) in [5.41, 5.74) is 3.00. The van der Waals surface area contributed by atoms with Gasteiger partial charge < -0.3 is 4.90 Å². The highest BCUT2D eigenvalue weighted by atomic mass is 35.5. The molecule has 25 heavy (non-hydrogen) atoms. The highest BCUT2D eigenvalue weighted by Crippen LogP contribution is 2.17. The molecule has 0 N–H and O–H groups in total. The van der Waals surface area contributed by atoms with Gasteiger partial charge in [-0.1, -0.05) is 48.0 Å². The molecule has 3 rings (SSSR count). The predicted octanol–water partition coefficient (Wildman–Crippen LogP) is 4.12. The van der Waals surface area contributed by atoms with Gasteiger partial charge in [-0.05, 0) is 30.2 Å². The van der Waals surface area contributed by atoms with Gasteiger partial charge in [-0.3, -0.25) is 4.79 Å². The van der Waals surface area contributed by atoms with Crippen molar-refractivity contribution >= 4 is 17.5 Å². The summed E-state index contributed by atoms with van der Waals surface area (Å²) in [5.74, 6) is 0.0902. The summed E-state index contributed by atoms with van der Waals surface area (Å²) >= 11 is 6.14. The van der Waals surface area contributed by atoms with E-state index >= 15 is 0 Å². The molecular formula is C20H20ClN3O. The molecule has 0 radical (unpaired) electrons. The normalized spacial score (nSPS) is 10.6. The van der Waals surface area contributed by atoms with Crippen LogP contribution in [0.3, 0.4) is 0 Å². The number of para-hydroxylation sites is 1. The number of carbonyl (C=O) groups excluding carboxylic acids is 1. The second-order valence-corrected chi connectivity index (χ2v) is 6.38. The lowest BCUT2D eigenvalue weighted by atomic mass is 10.1. The first-order valence-electron chi connectivity index (χ1n) is 8.20. The number of hydrogen-bond acceptors (Lipinski definition) is 2. The van der Waals surface area contributed by atoms with E-state index in [-0.39, 0.29) is 5.91 Å². The largest absolute Gasteiger partial charge is 0.341 e. The zero-order valence-electron chi connectivity index (χ0n) is 14.1. The van der Waals surface area contributed by atoms with Crippen LogP contribution in [-0.4, -0.2) is 27.6 Å². The van der Waals surface area contributed by atoms with Crippen molar-refractivity contribution < 1.29 is 4.79 Å². The molecule has 0 bridgehead atoms. The van der Waals surface area contributed by atoms with Crippen LogP contribution in [0.2, 0.25) is 5.02 Å². The average Bonchev–Trinajstić information content (AvgIpc) is 3.10. The number of carbonyl (C=O) groups is 1. The Morgan fingerprint density at radius 1 is 1.12 bits per heavy atom. The Kier molecular flexibility index (Phi) is 5.51. The van der Waals surface area contributed by atoms with Crippen LogP contribution in [0.25, 0.3) is 5.69 Å². The maximum absolute atomic E-state index is 12.4. The van der Waals surface area contributed by atoms with Crippen molar-refractivity contribution in [2.75, 3.05) is 7.05 Å². The van der Waals surface area contributed by atoms with E-state index in [1.54, 1.807) is 11.1 Å². The highest BCUT2D eigenvalue weighted by molar-refractivity contribution is 6.31. The molecule has 0 aliphatic heterocycles. The highest BCUT2D eigenvalue weighted by Gasteiger charge is 2.12. The standard InChI is InChI=1S/C20H20ClN3O/c1-23(20(25)12-11-17-7-5-6-10-19(17)21)14-16-13-22-24(15-16)18-8-3-2-4-9-18/h2-10,13,15H,11-12,14H2,1H3. The SMILES string of the molecule is CN(Cc1cnn(-c2ccccc2)c1)C(=O)CCc1ccccc1Cl. The number of rotatable bonds is 6. The lowest BCUT2D eigenvalue weighted by molar-refractivity contribution is -0.130. The fourth-order valence-corrected chi connectivity index (χ4v) is 2.89. The lowest BCUT2D eigenvalue weighted by Crippen LogP contribution is -2.26. The van der Waals surface area contributed by atoms with Gasteiger partial charge in [0.15, 0.2) is 0 Å². The molecule has 0 saturated heterocycles. The van der Waals surface area contributed by atoms with Crippen LogP contribution in [-0.2, 0) is 17.8 Å². The minimum absolute atomic E-state index is 0.0902. The molecule has 1 aromatic heterocycles. The molecule has 3 aromatic rings. The fraction of sp³-hybridized carbons (Fsp3) is 0.200. The van der Waals surface area contributed by atoms with E-state index < -0.39 is 0 Å².